The predicted octanol–water partition coefficient (Wildman–Crippen LogP) is 3.68. The third-order valence-corrected chi connectivity index (χ3v) is 6.22. The van der Waals surface area contributed by atoms with Crippen molar-refractivity contribution in [3.8, 4) is 16.2 Å². The van der Waals surface area contributed by atoms with Crippen LogP contribution in [0, 0.1) is 0 Å². The minimum absolute atomic E-state index is 0.248. The van der Waals surface area contributed by atoms with E-state index in [2.05, 4.69) is 16.7 Å². The van der Waals surface area contributed by atoms with Crippen LogP contribution in [0.4, 0.5) is 9.80 Å². The molecule has 2 heterocycles. The molecular formula is C20H23N3O4S2. The van der Waals surface area contributed by atoms with Gasteiger partial charge in [-0.25, -0.2) is 4.79 Å². The molecule has 0 aliphatic carbocycles. The maximum Gasteiger partial charge on any atom is 0.317 e. The van der Waals surface area contributed by atoms with Gasteiger partial charge in [0.1, 0.15) is 16.5 Å². The summed E-state index contributed by atoms with van der Waals surface area (Å²) in [6.07, 6.45) is 3.07. The van der Waals surface area contributed by atoms with Gasteiger partial charge in [-0.2, -0.15) is 11.8 Å². The van der Waals surface area contributed by atoms with Gasteiger partial charge in [-0.1, -0.05) is 0 Å². The van der Waals surface area contributed by atoms with E-state index in [0.29, 0.717) is 17.1 Å². The lowest BCUT2D eigenvalue weighted by Gasteiger charge is -2.07. The second-order valence-corrected chi connectivity index (χ2v) is 8.34. The van der Waals surface area contributed by atoms with Crippen molar-refractivity contribution in [2.75, 3.05) is 37.1 Å². The number of amides is 3. The third-order valence-electron chi connectivity index (χ3n) is 4.14. The molecule has 4 N–H and O–H groups in total. The van der Waals surface area contributed by atoms with Gasteiger partial charge in [0, 0.05) is 23.6 Å². The van der Waals surface area contributed by atoms with Crippen molar-refractivity contribution in [2.45, 2.75) is 6.42 Å². The number of anilines is 1. The number of ether oxygens (including phenoxy) is 2. The number of rotatable bonds is 9. The van der Waals surface area contributed by atoms with Gasteiger partial charge in [0.05, 0.1) is 25.0 Å². The molecule has 1 aliphatic heterocycles. The van der Waals surface area contributed by atoms with Crippen molar-refractivity contribution < 1.29 is 19.1 Å². The molecule has 0 spiro atoms. The van der Waals surface area contributed by atoms with E-state index >= 15 is 0 Å². The predicted molar refractivity (Wildman–Crippen MR) is 118 cm³/mol. The summed E-state index contributed by atoms with van der Waals surface area (Å²) in [5, 5.41) is 5.87. The van der Waals surface area contributed by atoms with Crippen LogP contribution in [0.15, 0.2) is 42.2 Å². The van der Waals surface area contributed by atoms with Crippen molar-refractivity contribution in [3.05, 3.63) is 47.7 Å². The number of carbonyl (C=O) groups is 2. The Labute approximate surface area is 177 Å². The molecule has 0 bridgehead atoms. The molecule has 2 aromatic rings. The SMILES string of the molecule is COc1ccc(-c2cc(C(=O)NCCSCC3=CCCO3)c(NC(N)=O)s2)cc1. The summed E-state index contributed by atoms with van der Waals surface area (Å²) in [6, 6.07) is 8.54. The van der Waals surface area contributed by atoms with Crippen molar-refractivity contribution in [1.29, 1.82) is 0 Å². The molecule has 3 amide bonds. The minimum Gasteiger partial charge on any atom is -0.497 e. The first kappa shape index (κ1) is 21.1. The number of primary amides is 1. The van der Waals surface area contributed by atoms with Crippen molar-refractivity contribution in [2.24, 2.45) is 5.73 Å². The van der Waals surface area contributed by atoms with Crippen LogP contribution in [-0.4, -0.2) is 43.7 Å². The fraction of sp³-hybridized carbons (Fsp3) is 0.300. The number of benzene rings is 1. The summed E-state index contributed by atoms with van der Waals surface area (Å²) in [5.41, 5.74) is 6.58. The van der Waals surface area contributed by atoms with E-state index in [9.17, 15) is 9.59 Å². The highest BCUT2D eigenvalue weighted by molar-refractivity contribution is 7.99. The summed E-state index contributed by atoms with van der Waals surface area (Å²) in [6.45, 7) is 1.28. The lowest BCUT2D eigenvalue weighted by atomic mass is 10.1. The second kappa shape index (κ2) is 10.2. The number of thioether (sulfide) groups is 1. The third kappa shape index (κ3) is 5.91. The number of nitrogens with one attached hydrogen (secondary N) is 2. The highest BCUT2D eigenvalue weighted by atomic mass is 32.2. The number of hydrogen-bond acceptors (Lipinski definition) is 6. The second-order valence-electron chi connectivity index (χ2n) is 6.19. The van der Waals surface area contributed by atoms with E-state index in [0.717, 1.165) is 46.5 Å². The fourth-order valence-corrected chi connectivity index (χ4v) is 4.59. The average molecular weight is 434 g/mol. The molecule has 29 heavy (non-hydrogen) atoms. The first-order valence-corrected chi connectivity index (χ1v) is 11.1. The molecule has 7 nitrogen and oxygen atoms in total. The summed E-state index contributed by atoms with van der Waals surface area (Å²) in [7, 11) is 1.60. The van der Waals surface area contributed by atoms with Crippen LogP contribution in [0.5, 0.6) is 5.75 Å². The molecule has 0 radical (unpaired) electrons. The van der Waals surface area contributed by atoms with Crippen LogP contribution in [0.3, 0.4) is 0 Å². The quantitative estimate of drug-likeness (QED) is 0.524. The van der Waals surface area contributed by atoms with Gasteiger partial charge in [-0.05, 0) is 42.0 Å². The van der Waals surface area contributed by atoms with Crippen molar-refractivity contribution in [3.63, 3.8) is 0 Å². The van der Waals surface area contributed by atoms with Gasteiger partial charge < -0.3 is 20.5 Å². The lowest BCUT2D eigenvalue weighted by molar-refractivity contribution is 0.0957. The largest absolute Gasteiger partial charge is 0.497 e. The van der Waals surface area contributed by atoms with E-state index in [-0.39, 0.29) is 5.91 Å². The topological polar surface area (TPSA) is 103 Å². The van der Waals surface area contributed by atoms with Crippen LogP contribution in [0.2, 0.25) is 0 Å². The summed E-state index contributed by atoms with van der Waals surface area (Å²) in [4.78, 5) is 24.8. The minimum atomic E-state index is -0.706. The molecule has 9 heteroatoms. The van der Waals surface area contributed by atoms with E-state index in [4.69, 9.17) is 15.2 Å². The van der Waals surface area contributed by atoms with E-state index in [1.54, 1.807) is 24.9 Å². The van der Waals surface area contributed by atoms with E-state index < -0.39 is 6.03 Å². The monoisotopic (exact) mass is 433 g/mol. The standard InChI is InChI=1S/C20H23N3O4S2/c1-26-14-6-4-13(5-7-14)17-11-16(19(29-17)23-20(21)25)18(24)22-8-10-28-12-15-3-2-9-27-15/h3-7,11H,2,8-10,12H2,1H3,(H,22,24)(H3,21,23,25). The van der Waals surface area contributed by atoms with E-state index in [1.807, 2.05) is 24.3 Å². The maximum absolute atomic E-state index is 12.6. The van der Waals surface area contributed by atoms with Crippen molar-refractivity contribution >= 4 is 40.0 Å². The Balaban J connectivity index is 1.63. The maximum atomic E-state index is 12.6. The van der Waals surface area contributed by atoms with E-state index in [1.165, 1.54) is 11.3 Å². The Morgan fingerprint density at radius 1 is 1.31 bits per heavy atom. The van der Waals surface area contributed by atoms with Gasteiger partial charge >= 0.3 is 6.03 Å². The van der Waals surface area contributed by atoms with Gasteiger partial charge in [0.25, 0.3) is 5.91 Å². The Bertz CT molecular complexity index is 894. The average Bonchev–Trinajstić information content (AvgIpc) is 3.37. The number of methoxy groups -OCH3 is 1. The highest BCUT2D eigenvalue weighted by Gasteiger charge is 2.18. The normalized spacial score (nSPS) is 12.8. The number of nitrogens with two attached hydrogens (primary N) is 1. The number of carbonyl (C=O) groups excluding carboxylic acids is 2. The Morgan fingerprint density at radius 2 is 2.10 bits per heavy atom. The Hall–Kier alpha value is -2.65. The van der Waals surface area contributed by atoms with Crippen LogP contribution < -0.4 is 21.1 Å². The van der Waals surface area contributed by atoms with Gasteiger partial charge in [-0.15, -0.1) is 11.3 Å². The highest BCUT2D eigenvalue weighted by Crippen LogP contribution is 2.36. The summed E-state index contributed by atoms with van der Waals surface area (Å²) >= 11 is 3.00. The molecule has 1 aromatic carbocycles. The Morgan fingerprint density at radius 3 is 2.76 bits per heavy atom. The number of hydrogen-bond donors (Lipinski definition) is 3. The first-order valence-electron chi connectivity index (χ1n) is 9.09. The molecule has 0 unspecified atom stereocenters. The zero-order valence-corrected chi connectivity index (χ0v) is 17.7. The number of thiophene rings is 1. The van der Waals surface area contributed by atoms with Crippen LogP contribution in [-0.2, 0) is 4.74 Å². The zero-order valence-electron chi connectivity index (χ0n) is 16.0. The summed E-state index contributed by atoms with van der Waals surface area (Å²) < 4.78 is 10.6. The summed E-state index contributed by atoms with van der Waals surface area (Å²) in [5.74, 6) is 3.08. The fourth-order valence-electron chi connectivity index (χ4n) is 2.74. The molecule has 0 atom stereocenters. The van der Waals surface area contributed by atoms with Crippen LogP contribution in [0.25, 0.3) is 10.4 Å². The van der Waals surface area contributed by atoms with Crippen LogP contribution in [0.1, 0.15) is 16.8 Å². The lowest BCUT2D eigenvalue weighted by Crippen LogP contribution is -2.27. The molecule has 1 aromatic heterocycles. The molecule has 3 rings (SSSR count). The van der Waals surface area contributed by atoms with Gasteiger partial charge in [0.2, 0.25) is 0 Å². The molecule has 0 saturated carbocycles. The first-order chi connectivity index (χ1) is 14.1. The van der Waals surface area contributed by atoms with Crippen LogP contribution >= 0.6 is 23.1 Å². The molecular weight excluding hydrogens is 410 g/mol. The zero-order chi connectivity index (χ0) is 20.6. The molecule has 0 saturated heterocycles. The number of urea groups is 1. The van der Waals surface area contributed by atoms with Crippen molar-refractivity contribution in [1.82, 2.24) is 5.32 Å². The van der Waals surface area contributed by atoms with Gasteiger partial charge in [-0.3, -0.25) is 10.1 Å². The Kier molecular flexibility index (Phi) is 7.42. The molecule has 154 valence electrons. The molecule has 0 fully saturated rings. The van der Waals surface area contributed by atoms with Gasteiger partial charge in [0.15, 0.2) is 0 Å². The smallest absolute Gasteiger partial charge is 0.317 e. The molecule has 1 aliphatic rings.